The molecule has 0 saturated heterocycles. The minimum Gasteiger partial charge on any atom is -0.485 e. The van der Waals surface area contributed by atoms with Crippen molar-refractivity contribution >= 4 is 11.6 Å². The van der Waals surface area contributed by atoms with Gasteiger partial charge < -0.3 is 10.1 Å². The Morgan fingerprint density at radius 1 is 1.53 bits per heavy atom. The fraction of sp³-hybridized carbons (Fsp3) is 0.385. The van der Waals surface area contributed by atoms with Gasteiger partial charge in [-0.2, -0.15) is 0 Å². The van der Waals surface area contributed by atoms with Crippen molar-refractivity contribution in [3.05, 3.63) is 41.2 Å². The second kappa shape index (κ2) is 7.30. The standard InChI is InChI=1S/C13H17ClFNO/c1-3-7-16-8-11-5-4-6-12(15)13(11)17-9-10(2)14/h4-6,16H,2-3,7-9H2,1H3. The summed E-state index contributed by atoms with van der Waals surface area (Å²) in [6.45, 7) is 7.16. The van der Waals surface area contributed by atoms with E-state index in [1.165, 1.54) is 6.07 Å². The molecule has 0 amide bonds. The Bertz CT molecular complexity index is 382. The third-order valence-corrected chi connectivity index (χ3v) is 2.27. The van der Waals surface area contributed by atoms with Crippen LogP contribution in [0.1, 0.15) is 18.9 Å². The molecule has 0 heterocycles. The van der Waals surface area contributed by atoms with Gasteiger partial charge in [-0.05, 0) is 19.0 Å². The first-order valence-electron chi connectivity index (χ1n) is 5.59. The number of hydrogen-bond donors (Lipinski definition) is 1. The van der Waals surface area contributed by atoms with Gasteiger partial charge >= 0.3 is 0 Å². The van der Waals surface area contributed by atoms with Gasteiger partial charge in [-0.15, -0.1) is 0 Å². The number of benzene rings is 1. The lowest BCUT2D eigenvalue weighted by molar-refractivity contribution is 0.333. The summed E-state index contributed by atoms with van der Waals surface area (Å²) < 4.78 is 18.9. The van der Waals surface area contributed by atoms with Crippen molar-refractivity contribution in [1.82, 2.24) is 5.32 Å². The van der Waals surface area contributed by atoms with Gasteiger partial charge in [-0.3, -0.25) is 0 Å². The molecule has 0 aromatic heterocycles. The zero-order chi connectivity index (χ0) is 12.7. The average molecular weight is 258 g/mol. The summed E-state index contributed by atoms with van der Waals surface area (Å²) >= 11 is 5.60. The van der Waals surface area contributed by atoms with Gasteiger partial charge in [0.05, 0.1) is 0 Å². The van der Waals surface area contributed by atoms with E-state index in [1.54, 1.807) is 6.07 Å². The lowest BCUT2D eigenvalue weighted by Crippen LogP contribution is -2.15. The van der Waals surface area contributed by atoms with Gasteiger partial charge in [0.25, 0.3) is 0 Å². The molecule has 0 radical (unpaired) electrons. The number of halogens is 2. The van der Waals surface area contributed by atoms with Crippen LogP contribution in [0.3, 0.4) is 0 Å². The van der Waals surface area contributed by atoms with Crippen molar-refractivity contribution in [3.63, 3.8) is 0 Å². The Morgan fingerprint density at radius 3 is 2.94 bits per heavy atom. The molecular weight excluding hydrogens is 241 g/mol. The molecule has 0 bridgehead atoms. The van der Waals surface area contributed by atoms with Crippen molar-refractivity contribution < 1.29 is 9.13 Å². The molecule has 1 aromatic carbocycles. The van der Waals surface area contributed by atoms with E-state index in [2.05, 4.69) is 18.8 Å². The third kappa shape index (κ3) is 4.75. The quantitative estimate of drug-likeness (QED) is 0.756. The zero-order valence-electron chi connectivity index (χ0n) is 9.93. The van der Waals surface area contributed by atoms with Crippen LogP contribution < -0.4 is 10.1 Å². The van der Waals surface area contributed by atoms with Crippen LogP contribution in [-0.2, 0) is 6.54 Å². The van der Waals surface area contributed by atoms with E-state index in [0.29, 0.717) is 11.6 Å². The summed E-state index contributed by atoms with van der Waals surface area (Å²) in [7, 11) is 0. The topological polar surface area (TPSA) is 21.3 Å². The molecule has 94 valence electrons. The van der Waals surface area contributed by atoms with Gasteiger partial charge in [-0.25, -0.2) is 4.39 Å². The van der Waals surface area contributed by atoms with Crippen LogP contribution >= 0.6 is 11.6 Å². The number of hydrogen-bond acceptors (Lipinski definition) is 2. The van der Waals surface area contributed by atoms with Crippen LogP contribution in [-0.4, -0.2) is 13.2 Å². The van der Waals surface area contributed by atoms with Gasteiger partial charge in [-0.1, -0.05) is 37.2 Å². The fourth-order valence-electron chi connectivity index (χ4n) is 1.40. The van der Waals surface area contributed by atoms with Crippen molar-refractivity contribution in [2.75, 3.05) is 13.2 Å². The Morgan fingerprint density at radius 2 is 2.29 bits per heavy atom. The molecule has 0 aliphatic heterocycles. The smallest absolute Gasteiger partial charge is 0.165 e. The van der Waals surface area contributed by atoms with Crippen LogP contribution in [0, 0.1) is 5.82 Å². The first-order valence-corrected chi connectivity index (χ1v) is 5.97. The largest absolute Gasteiger partial charge is 0.485 e. The summed E-state index contributed by atoms with van der Waals surface area (Å²) in [6, 6.07) is 4.87. The van der Waals surface area contributed by atoms with Crippen LogP contribution in [0.15, 0.2) is 29.8 Å². The summed E-state index contributed by atoms with van der Waals surface area (Å²) in [4.78, 5) is 0. The normalized spacial score (nSPS) is 10.3. The number of para-hydroxylation sites is 1. The van der Waals surface area contributed by atoms with Gasteiger partial charge in [0.1, 0.15) is 6.61 Å². The summed E-state index contributed by atoms with van der Waals surface area (Å²) in [5.74, 6) is -0.128. The first-order chi connectivity index (χ1) is 8.15. The first kappa shape index (κ1) is 14.0. The molecule has 4 heteroatoms. The van der Waals surface area contributed by atoms with Crippen LogP contribution in [0.5, 0.6) is 5.75 Å². The van der Waals surface area contributed by atoms with E-state index >= 15 is 0 Å². The van der Waals surface area contributed by atoms with Crippen LogP contribution in [0.25, 0.3) is 0 Å². The van der Waals surface area contributed by atoms with E-state index in [0.717, 1.165) is 18.5 Å². The predicted molar refractivity (Wildman–Crippen MR) is 68.9 cm³/mol. The van der Waals surface area contributed by atoms with Crippen LogP contribution in [0.2, 0.25) is 0 Å². The lowest BCUT2D eigenvalue weighted by Gasteiger charge is -2.12. The highest BCUT2D eigenvalue weighted by atomic mass is 35.5. The van der Waals surface area contributed by atoms with Crippen molar-refractivity contribution in [1.29, 1.82) is 0 Å². The maximum absolute atomic E-state index is 13.6. The molecule has 1 aromatic rings. The predicted octanol–water partition coefficient (Wildman–Crippen LogP) is 3.46. The Kier molecular flexibility index (Phi) is 6.01. The third-order valence-electron chi connectivity index (χ3n) is 2.16. The monoisotopic (exact) mass is 257 g/mol. The maximum Gasteiger partial charge on any atom is 0.165 e. The summed E-state index contributed by atoms with van der Waals surface area (Å²) in [6.07, 6.45) is 1.03. The molecule has 1 N–H and O–H groups in total. The molecule has 0 unspecified atom stereocenters. The van der Waals surface area contributed by atoms with E-state index in [-0.39, 0.29) is 18.2 Å². The lowest BCUT2D eigenvalue weighted by atomic mass is 10.2. The number of ether oxygens (including phenoxy) is 1. The molecule has 2 nitrogen and oxygen atoms in total. The molecule has 0 aliphatic rings. The fourth-order valence-corrected chi connectivity index (χ4v) is 1.46. The Hall–Kier alpha value is -1.06. The van der Waals surface area contributed by atoms with Gasteiger partial charge in [0.15, 0.2) is 11.6 Å². The molecular formula is C13H17ClFNO. The van der Waals surface area contributed by atoms with E-state index in [4.69, 9.17) is 16.3 Å². The molecule has 0 spiro atoms. The van der Waals surface area contributed by atoms with E-state index in [1.807, 2.05) is 6.07 Å². The molecule has 0 saturated carbocycles. The molecule has 17 heavy (non-hydrogen) atoms. The number of nitrogens with one attached hydrogen (secondary N) is 1. The highest BCUT2D eigenvalue weighted by molar-refractivity contribution is 6.29. The molecule has 0 atom stereocenters. The molecule has 0 fully saturated rings. The van der Waals surface area contributed by atoms with E-state index < -0.39 is 0 Å². The zero-order valence-corrected chi connectivity index (χ0v) is 10.7. The van der Waals surface area contributed by atoms with Crippen molar-refractivity contribution in [3.8, 4) is 5.75 Å². The average Bonchev–Trinajstić information content (AvgIpc) is 2.28. The highest BCUT2D eigenvalue weighted by Gasteiger charge is 2.09. The minimum atomic E-state index is -0.376. The van der Waals surface area contributed by atoms with E-state index in [9.17, 15) is 4.39 Å². The summed E-state index contributed by atoms with van der Waals surface area (Å²) in [5.41, 5.74) is 0.788. The van der Waals surface area contributed by atoms with Crippen LogP contribution in [0.4, 0.5) is 4.39 Å². The second-order valence-corrected chi connectivity index (χ2v) is 4.25. The Balaban J connectivity index is 2.73. The second-order valence-electron chi connectivity index (χ2n) is 3.71. The molecule has 0 aliphatic carbocycles. The Labute approximate surface area is 106 Å². The molecule has 1 rings (SSSR count). The SMILES string of the molecule is C=C(Cl)COc1c(F)cccc1CNCCC. The maximum atomic E-state index is 13.6. The summed E-state index contributed by atoms with van der Waals surface area (Å²) in [5, 5.41) is 3.55. The van der Waals surface area contributed by atoms with Gasteiger partial charge in [0, 0.05) is 17.1 Å². The van der Waals surface area contributed by atoms with Crippen molar-refractivity contribution in [2.24, 2.45) is 0 Å². The van der Waals surface area contributed by atoms with Crippen molar-refractivity contribution in [2.45, 2.75) is 19.9 Å². The number of rotatable bonds is 7. The highest BCUT2D eigenvalue weighted by Crippen LogP contribution is 2.23. The van der Waals surface area contributed by atoms with Gasteiger partial charge in [0.2, 0.25) is 0 Å². The minimum absolute atomic E-state index is 0.114.